The Kier molecular flexibility index (Phi) is 7.47. The van der Waals surface area contributed by atoms with Crippen molar-refractivity contribution in [2.75, 3.05) is 27.2 Å². The maximum atomic E-state index is 12.8. The van der Waals surface area contributed by atoms with Gasteiger partial charge < -0.3 is 20.1 Å². The van der Waals surface area contributed by atoms with Crippen molar-refractivity contribution in [1.82, 2.24) is 14.7 Å². The molecule has 1 heterocycles. The Morgan fingerprint density at radius 1 is 1.26 bits per heavy atom. The third-order valence-corrected chi connectivity index (χ3v) is 5.46. The van der Waals surface area contributed by atoms with Crippen LogP contribution in [0, 0.1) is 11.3 Å². The van der Waals surface area contributed by atoms with Crippen molar-refractivity contribution in [3.05, 3.63) is 52.5 Å². The minimum absolute atomic E-state index is 0.0360. The van der Waals surface area contributed by atoms with Crippen molar-refractivity contribution in [2.24, 2.45) is 5.73 Å². The van der Waals surface area contributed by atoms with Gasteiger partial charge in [-0.3, -0.25) is 4.79 Å². The first-order valence-electron chi connectivity index (χ1n) is 10.4. The highest BCUT2D eigenvalue weighted by atomic mass is 35.5. The van der Waals surface area contributed by atoms with Crippen molar-refractivity contribution in [1.29, 1.82) is 5.26 Å². The van der Waals surface area contributed by atoms with E-state index in [1.165, 1.54) is 11.6 Å². The van der Waals surface area contributed by atoms with Crippen LogP contribution in [-0.2, 0) is 12.0 Å². The number of nitriles is 1. The summed E-state index contributed by atoms with van der Waals surface area (Å²) >= 11 is 6.10. The van der Waals surface area contributed by atoms with E-state index >= 15 is 0 Å². The van der Waals surface area contributed by atoms with Crippen LogP contribution in [-0.4, -0.2) is 54.2 Å². The third kappa shape index (κ3) is 6.15. The van der Waals surface area contributed by atoms with E-state index in [4.69, 9.17) is 22.1 Å². The second-order valence-corrected chi connectivity index (χ2v) is 8.78. The molecular formula is C23H23ClF3N5O3. The zero-order valence-corrected chi connectivity index (χ0v) is 19.9. The molecule has 1 atom stereocenters. The van der Waals surface area contributed by atoms with E-state index in [0.29, 0.717) is 35.0 Å². The number of rotatable bonds is 9. The molecule has 0 radical (unpaired) electrons. The molecule has 0 fully saturated rings. The SMILES string of the molecule is CN(C)CCOc1c2ccc(Cl)cc2nn1CC(C)(C#N)c1cc(OC(F)(F)F)ccc1C(N)=O. The summed E-state index contributed by atoms with van der Waals surface area (Å²) in [7, 11) is 3.76. The van der Waals surface area contributed by atoms with E-state index in [-0.39, 0.29) is 17.7 Å². The molecule has 0 aliphatic rings. The summed E-state index contributed by atoms with van der Waals surface area (Å²) in [5, 5.41) is 15.7. The van der Waals surface area contributed by atoms with Crippen LogP contribution in [0.3, 0.4) is 0 Å². The van der Waals surface area contributed by atoms with Crippen molar-refractivity contribution in [2.45, 2.75) is 25.2 Å². The van der Waals surface area contributed by atoms with Gasteiger partial charge in [-0.15, -0.1) is 13.2 Å². The second-order valence-electron chi connectivity index (χ2n) is 8.34. The number of hydrogen-bond acceptors (Lipinski definition) is 6. The Hall–Kier alpha value is -3.49. The summed E-state index contributed by atoms with van der Waals surface area (Å²) in [4.78, 5) is 14.0. The highest BCUT2D eigenvalue weighted by Gasteiger charge is 2.36. The predicted octanol–water partition coefficient (Wildman–Crippen LogP) is 4.11. The Balaban J connectivity index is 2.10. The van der Waals surface area contributed by atoms with Crippen LogP contribution >= 0.6 is 11.6 Å². The number of nitrogens with two attached hydrogens (primary N) is 1. The van der Waals surface area contributed by atoms with E-state index in [1.54, 1.807) is 18.2 Å². The van der Waals surface area contributed by atoms with Crippen LogP contribution in [0.15, 0.2) is 36.4 Å². The number of nitrogens with zero attached hydrogens (tertiary/aromatic N) is 4. The highest BCUT2D eigenvalue weighted by Crippen LogP contribution is 2.36. The Labute approximate surface area is 204 Å². The summed E-state index contributed by atoms with van der Waals surface area (Å²) in [6.07, 6.45) is -4.96. The molecule has 2 N–H and O–H groups in total. The number of alkyl halides is 3. The van der Waals surface area contributed by atoms with Crippen molar-refractivity contribution < 1.29 is 27.4 Å². The van der Waals surface area contributed by atoms with E-state index in [1.807, 2.05) is 19.0 Å². The molecule has 3 rings (SSSR count). The lowest BCUT2D eigenvalue weighted by molar-refractivity contribution is -0.274. The second kappa shape index (κ2) is 10.0. The maximum absolute atomic E-state index is 12.8. The quantitative estimate of drug-likeness (QED) is 0.465. The lowest BCUT2D eigenvalue weighted by atomic mass is 9.80. The van der Waals surface area contributed by atoms with Gasteiger partial charge >= 0.3 is 6.36 Å². The average Bonchev–Trinajstić information content (AvgIpc) is 3.07. The number of fused-ring (bicyclic) bond motifs is 1. The third-order valence-electron chi connectivity index (χ3n) is 5.23. The van der Waals surface area contributed by atoms with Gasteiger partial charge in [0.2, 0.25) is 11.8 Å². The molecule has 8 nitrogen and oxygen atoms in total. The summed E-state index contributed by atoms with van der Waals surface area (Å²) in [5.74, 6) is -1.14. The molecule has 35 heavy (non-hydrogen) atoms. The number of primary amides is 1. The van der Waals surface area contributed by atoms with E-state index < -0.39 is 23.4 Å². The smallest absolute Gasteiger partial charge is 0.476 e. The fourth-order valence-electron chi connectivity index (χ4n) is 3.54. The zero-order valence-electron chi connectivity index (χ0n) is 19.2. The van der Waals surface area contributed by atoms with E-state index in [0.717, 1.165) is 18.2 Å². The van der Waals surface area contributed by atoms with Gasteiger partial charge in [0.15, 0.2) is 0 Å². The first-order chi connectivity index (χ1) is 16.3. The number of carbonyl (C=O) groups excluding carboxylic acids is 1. The lowest BCUT2D eigenvalue weighted by Gasteiger charge is -2.26. The van der Waals surface area contributed by atoms with Crippen LogP contribution in [0.5, 0.6) is 11.6 Å². The molecule has 0 aliphatic carbocycles. The molecule has 0 saturated heterocycles. The molecule has 1 aromatic heterocycles. The van der Waals surface area contributed by atoms with Gasteiger partial charge in [0.05, 0.1) is 28.9 Å². The van der Waals surface area contributed by atoms with Crippen molar-refractivity contribution in [3.8, 4) is 17.7 Å². The van der Waals surface area contributed by atoms with E-state index in [9.17, 15) is 23.2 Å². The molecule has 3 aromatic rings. The van der Waals surface area contributed by atoms with Gasteiger partial charge in [-0.25, -0.2) is 4.68 Å². The van der Waals surface area contributed by atoms with Gasteiger partial charge in [0.25, 0.3) is 0 Å². The average molecular weight is 510 g/mol. The summed E-state index contributed by atoms with van der Waals surface area (Å²) in [6, 6.07) is 10.2. The topological polar surface area (TPSA) is 106 Å². The fourth-order valence-corrected chi connectivity index (χ4v) is 3.71. The maximum Gasteiger partial charge on any atom is 0.573 e. The largest absolute Gasteiger partial charge is 0.573 e. The number of carbonyl (C=O) groups is 1. The predicted molar refractivity (Wildman–Crippen MR) is 123 cm³/mol. The molecule has 0 spiro atoms. The summed E-state index contributed by atoms with van der Waals surface area (Å²) < 4.78 is 49.8. The monoisotopic (exact) mass is 509 g/mol. The molecule has 12 heteroatoms. The first-order valence-corrected chi connectivity index (χ1v) is 10.8. The molecular weight excluding hydrogens is 487 g/mol. The van der Waals surface area contributed by atoms with Crippen molar-refractivity contribution >= 4 is 28.4 Å². The van der Waals surface area contributed by atoms with Crippen LogP contribution < -0.4 is 15.2 Å². The minimum atomic E-state index is -4.96. The lowest BCUT2D eigenvalue weighted by Crippen LogP contribution is -2.31. The molecule has 0 bridgehead atoms. The minimum Gasteiger partial charge on any atom is -0.476 e. The van der Waals surface area contributed by atoms with E-state index in [2.05, 4.69) is 15.9 Å². The van der Waals surface area contributed by atoms with Crippen molar-refractivity contribution in [3.63, 3.8) is 0 Å². The number of hydrogen-bond donors (Lipinski definition) is 1. The molecule has 1 amide bonds. The number of ether oxygens (including phenoxy) is 2. The summed E-state index contributed by atoms with van der Waals surface area (Å²) in [6.45, 7) is 2.21. The van der Waals surface area contributed by atoms with Crippen LogP contribution in [0.2, 0.25) is 5.02 Å². The standard InChI is InChI=1S/C23H23ClF3N5O3/c1-22(12-28,18-11-15(35-23(25,26)27)5-7-16(18)20(29)33)13-32-21(34-9-8-31(2)3)17-6-4-14(24)10-19(17)30-32/h4-7,10-11H,8-9,13H2,1-3H3,(H2,29,33). The normalized spacial score (nSPS) is 13.5. The van der Waals surface area contributed by atoms with Gasteiger partial charge in [0.1, 0.15) is 12.4 Å². The molecule has 1 unspecified atom stereocenters. The fraction of sp³-hybridized carbons (Fsp3) is 0.348. The molecule has 0 aliphatic heterocycles. The van der Waals surface area contributed by atoms with Gasteiger partial charge in [-0.2, -0.15) is 10.4 Å². The summed E-state index contributed by atoms with van der Waals surface area (Å²) in [5.41, 5.74) is 4.27. The number of aromatic nitrogens is 2. The van der Waals surface area contributed by atoms with Crippen LogP contribution in [0.4, 0.5) is 13.2 Å². The molecule has 2 aromatic carbocycles. The molecule has 0 saturated carbocycles. The van der Waals surface area contributed by atoms with Gasteiger partial charge in [-0.1, -0.05) is 11.6 Å². The van der Waals surface area contributed by atoms with Gasteiger partial charge in [-0.05, 0) is 63.0 Å². The molecule has 186 valence electrons. The number of halogens is 4. The van der Waals surface area contributed by atoms with Gasteiger partial charge in [0, 0.05) is 17.1 Å². The highest BCUT2D eigenvalue weighted by molar-refractivity contribution is 6.31. The van der Waals surface area contributed by atoms with Crippen LogP contribution in [0.25, 0.3) is 10.9 Å². The number of likely N-dealkylation sites (N-methyl/N-ethyl adjacent to an activating group) is 1. The first kappa shape index (κ1) is 26.1. The number of benzene rings is 2. The Bertz CT molecular complexity index is 1290. The Morgan fingerprint density at radius 3 is 2.57 bits per heavy atom. The Morgan fingerprint density at radius 2 is 1.97 bits per heavy atom. The van der Waals surface area contributed by atoms with Crippen LogP contribution in [0.1, 0.15) is 22.8 Å². The number of amides is 1. The zero-order chi connectivity index (χ0) is 26.0.